The molecule has 1 saturated heterocycles. The van der Waals surface area contributed by atoms with Crippen molar-refractivity contribution in [2.45, 2.75) is 11.0 Å². The number of alkyl halides is 1. The number of nitrogens with zero attached hydrogens (tertiary/aromatic N) is 2. The number of anilines is 1. The van der Waals surface area contributed by atoms with Gasteiger partial charge in [0.05, 0.1) is 23.5 Å². The lowest BCUT2D eigenvalue weighted by atomic mass is 10.3. The van der Waals surface area contributed by atoms with E-state index in [4.69, 9.17) is 16.7 Å². The second-order valence-corrected chi connectivity index (χ2v) is 7.93. The Kier molecular flexibility index (Phi) is 7.27. The van der Waals surface area contributed by atoms with E-state index in [0.29, 0.717) is 39.3 Å². The van der Waals surface area contributed by atoms with E-state index in [-0.39, 0.29) is 17.4 Å². The van der Waals surface area contributed by atoms with Gasteiger partial charge in [-0.15, -0.1) is 11.6 Å². The molecule has 1 fully saturated rings. The van der Waals surface area contributed by atoms with E-state index in [2.05, 4.69) is 5.32 Å². The molecular weight excluding hydrogens is 354 g/mol. The smallest absolute Gasteiger partial charge is 0.243 e. The molecule has 9 heteroatoms. The maximum absolute atomic E-state index is 12.7. The lowest BCUT2D eigenvalue weighted by Gasteiger charge is -2.33. The van der Waals surface area contributed by atoms with Crippen molar-refractivity contribution in [2.24, 2.45) is 0 Å². The van der Waals surface area contributed by atoms with Gasteiger partial charge < -0.3 is 15.5 Å². The van der Waals surface area contributed by atoms with E-state index in [1.54, 1.807) is 24.3 Å². The Morgan fingerprint density at radius 2 is 1.79 bits per heavy atom. The number of halogens is 1. The monoisotopic (exact) mass is 377 g/mol. The topological polar surface area (TPSA) is 93.1 Å². The summed E-state index contributed by atoms with van der Waals surface area (Å²) in [5, 5.41) is 21.4. The summed E-state index contributed by atoms with van der Waals surface area (Å²) in [4.78, 5) is 2.29. The molecule has 1 atom stereocenters. The average Bonchev–Trinajstić information content (AvgIpc) is 2.60. The quantitative estimate of drug-likeness (QED) is 0.552. The molecule has 1 aromatic carbocycles. The molecule has 0 saturated carbocycles. The predicted octanol–water partition coefficient (Wildman–Crippen LogP) is -0.00320. The van der Waals surface area contributed by atoms with Crippen LogP contribution in [0.15, 0.2) is 29.2 Å². The van der Waals surface area contributed by atoms with Crippen molar-refractivity contribution in [3.05, 3.63) is 24.3 Å². The molecule has 1 aliphatic heterocycles. The van der Waals surface area contributed by atoms with Crippen LogP contribution in [0, 0.1) is 0 Å². The van der Waals surface area contributed by atoms with Crippen LogP contribution in [-0.4, -0.2) is 85.7 Å². The van der Waals surface area contributed by atoms with E-state index in [0.717, 1.165) is 5.69 Å². The predicted molar refractivity (Wildman–Crippen MR) is 93.9 cm³/mol. The first-order valence-electron chi connectivity index (χ1n) is 7.88. The Morgan fingerprint density at radius 3 is 2.33 bits per heavy atom. The molecule has 2 rings (SSSR count). The summed E-state index contributed by atoms with van der Waals surface area (Å²) >= 11 is 5.53. The molecule has 0 aromatic heterocycles. The third-order valence-corrected chi connectivity index (χ3v) is 6.23. The third-order valence-electron chi connectivity index (χ3n) is 3.96. The minimum Gasteiger partial charge on any atom is -0.395 e. The molecule has 0 amide bonds. The number of benzene rings is 1. The second kappa shape index (κ2) is 8.98. The van der Waals surface area contributed by atoms with Crippen LogP contribution in [0.1, 0.15) is 0 Å². The zero-order valence-electron chi connectivity index (χ0n) is 13.4. The summed E-state index contributed by atoms with van der Waals surface area (Å²) in [5.74, 6) is 0.141. The van der Waals surface area contributed by atoms with Gasteiger partial charge in [-0.3, -0.25) is 4.90 Å². The largest absolute Gasteiger partial charge is 0.395 e. The highest BCUT2D eigenvalue weighted by molar-refractivity contribution is 7.89. The van der Waals surface area contributed by atoms with Gasteiger partial charge in [-0.2, -0.15) is 4.31 Å². The lowest BCUT2D eigenvalue weighted by Crippen LogP contribution is -2.49. The summed E-state index contributed by atoms with van der Waals surface area (Å²) in [5.41, 5.74) is 0.728. The van der Waals surface area contributed by atoms with Crippen LogP contribution in [0.4, 0.5) is 5.69 Å². The highest BCUT2D eigenvalue weighted by atomic mass is 35.5. The van der Waals surface area contributed by atoms with E-state index in [1.165, 1.54) is 4.31 Å². The summed E-state index contributed by atoms with van der Waals surface area (Å²) < 4.78 is 26.8. The molecule has 1 aromatic rings. The highest BCUT2D eigenvalue weighted by Crippen LogP contribution is 2.20. The fourth-order valence-corrected chi connectivity index (χ4v) is 4.05. The number of β-amino-alcohol motifs (C(OH)–C–C–N with tert-alkyl or cyclic N) is 1. The fraction of sp³-hybridized carbons (Fsp3) is 0.600. The standard InChI is InChI=1S/C15H24ClN3O4S/c16-11-14(21)12-17-13-1-3-15(4-2-13)24(22,23)19-7-5-18(6-8-19)9-10-20/h1-4,14,17,20-21H,5-12H2. The van der Waals surface area contributed by atoms with Crippen molar-refractivity contribution in [3.8, 4) is 0 Å². The molecular formula is C15H24ClN3O4S. The number of hydrogen-bond acceptors (Lipinski definition) is 6. The minimum atomic E-state index is -3.51. The van der Waals surface area contributed by atoms with Gasteiger partial charge in [0, 0.05) is 45.0 Å². The summed E-state index contributed by atoms with van der Waals surface area (Å²) in [6.45, 7) is 3.05. The van der Waals surface area contributed by atoms with Gasteiger partial charge >= 0.3 is 0 Å². The third kappa shape index (κ3) is 5.05. The number of piperazine rings is 1. The van der Waals surface area contributed by atoms with Gasteiger partial charge in [0.1, 0.15) is 0 Å². The molecule has 3 N–H and O–H groups in total. The molecule has 0 radical (unpaired) electrons. The number of aliphatic hydroxyl groups is 2. The van der Waals surface area contributed by atoms with Gasteiger partial charge in [0.15, 0.2) is 0 Å². The first-order chi connectivity index (χ1) is 11.5. The van der Waals surface area contributed by atoms with E-state index in [1.807, 2.05) is 4.90 Å². The number of rotatable bonds is 8. The van der Waals surface area contributed by atoms with Crippen LogP contribution in [0.5, 0.6) is 0 Å². The van der Waals surface area contributed by atoms with Crippen LogP contribution in [0.3, 0.4) is 0 Å². The summed E-state index contributed by atoms with van der Waals surface area (Å²) in [7, 11) is -3.51. The normalized spacial score (nSPS) is 18.5. The van der Waals surface area contributed by atoms with Crippen LogP contribution in [0.25, 0.3) is 0 Å². The maximum atomic E-state index is 12.7. The van der Waals surface area contributed by atoms with E-state index >= 15 is 0 Å². The average molecular weight is 378 g/mol. The van der Waals surface area contributed by atoms with Gasteiger partial charge in [0.2, 0.25) is 10.0 Å². The molecule has 1 heterocycles. The van der Waals surface area contributed by atoms with Gasteiger partial charge in [-0.1, -0.05) is 0 Å². The first kappa shape index (κ1) is 19.4. The Labute approximate surface area is 147 Å². The van der Waals surface area contributed by atoms with Crippen LogP contribution in [-0.2, 0) is 10.0 Å². The van der Waals surface area contributed by atoms with Crippen LogP contribution in [0.2, 0.25) is 0 Å². The van der Waals surface area contributed by atoms with Crippen molar-refractivity contribution >= 4 is 27.3 Å². The fourth-order valence-electron chi connectivity index (χ4n) is 2.52. The number of nitrogens with one attached hydrogen (secondary N) is 1. The van der Waals surface area contributed by atoms with Crippen molar-refractivity contribution in [2.75, 3.05) is 57.1 Å². The second-order valence-electron chi connectivity index (χ2n) is 5.68. The van der Waals surface area contributed by atoms with Gasteiger partial charge in [-0.05, 0) is 24.3 Å². The molecule has 136 valence electrons. The minimum absolute atomic E-state index is 0.0830. The highest BCUT2D eigenvalue weighted by Gasteiger charge is 2.28. The molecule has 1 aliphatic rings. The lowest BCUT2D eigenvalue weighted by molar-refractivity contribution is 0.151. The van der Waals surface area contributed by atoms with Crippen molar-refractivity contribution in [1.82, 2.24) is 9.21 Å². The zero-order valence-corrected chi connectivity index (χ0v) is 15.0. The van der Waals surface area contributed by atoms with Crippen molar-refractivity contribution in [1.29, 1.82) is 0 Å². The Morgan fingerprint density at radius 1 is 1.17 bits per heavy atom. The summed E-state index contributed by atoms with van der Waals surface area (Å²) in [6.07, 6.45) is -0.648. The maximum Gasteiger partial charge on any atom is 0.243 e. The molecule has 0 bridgehead atoms. The Hall–Kier alpha value is -0.900. The number of aliphatic hydroxyl groups excluding tert-OH is 2. The van der Waals surface area contributed by atoms with Gasteiger partial charge in [-0.25, -0.2) is 8.42 Å². The van der Waals surface area contributed by atoms with E-state index < -0.39 is 16.1 Å². The summed E-state index contributed by atoms with van der Waals surface area (Å²) in [6, 6.07) is 6.47. The molecule has 0 aliphatic carbocycles. The first-order valence-corrected chi connectivity index (χ1v) is 9.86. The molecule has 1 unspecified atom stereocenters. The van der Waals surface area contributed by atoms with Crippen LogP contribution < -0.4 is 5.32 Å². The number of sulfonamides is 1. The number of hydrogen-bond donors (Lipinski definition) is 3. The molecule has 0 spiro atoms. The molecule has 24 heavy (non-hydrogen) atoms. The van der Waals surface area contributed by atoms with Crippen molar-refractivity contribution < 1.29 is 18.6 Å². The zero-order chi connectivity index (χ0) is 17.6. The Balaban J connectivity index is 1.97. The van der Waals surface area contributed by atoms with Crippen LogP contribution >= 0.6 is 11.6 Å². The van der Waals surface area contributed by atoms with Gasteiger partial charge in [0.25, 0.3) is 0 Å². The molecule has 7 nitrogen and oxygen atoms in total. The van der Waals surface area contributed by atoms with E-state index in [9.17, 15) is 13.5 Å². The Bertz CT molecular complexity index is 604. The SMILES string of the molecule is O=S(=O)(c1ccc(NCC(O)CCl)cc1)N1CCN(CCO)CC1. The van der Waals surface area contributed by atoms with Crippen molar-refractivity contribution in [3.63, 3.8) is 0 Å².